The van der Waals surface area contributed by atoms with Gasteiger partial charge in [-0.25, -0.2) is 4.79 Å². The summed E-state index contributed by atoms with van der Waals surface area (Å²) in [6.45, 7) is 0. The first-order chi connectivity index (χ1) is 11.1. The van der Waals surface area contributed by atoms with Gasteiger partial charge < -0.3 is 9.84 Å². The van der Waals surface area contributed by atoms with Crippen molar-refractivity contribution in [2.75, 3.05) is 5.43 Å². The molecule has 0 spiro atoms. The molecule has 0 fully saturated rings. The van der Waals surface area contributed by atoms with E-state index in [1.54, 1.807) is 48.5 Å². The first-order valence-electron chi connectivity index (χ1n) is 6.37. The van der Waals surface area contributed by atoms with Crippen LogP contribution >= 0.6 is 0 Å². The van der Waals surface area contributed by atoms with E-state index in [1.807, 2.05) is 0 Å². The number of hydrazone groups is 1. The fourth-order valence-corrected chi connectivity index (χ4v) is 1.59. The van der Waals surface area contributed by atoms with Gasteiger partial charge in [0.25, 0.3) is 0 Å². The van der Waals surface area contributed by atoms with Gasteiger partial charge in [0.2, 0.25) is 5.71 Å². The molecular formula is C16H10N4O3. The highest BCUT2D eigenvalue weighted by molar-refractivity contribution is 6.10. The van der Waals surface area contributed by atoms with Crippen LogP contribution < -0.4 is 10.2 Å². The third kappa shape index (κ3) is 4.31. The van der Waals surface area contributed by atoms with Crippen LogP contribution in [-0.4, -0.2) is 16.8 Å². The molecule has 0 amide bonds. The van der Waals surface area contributed by atoms with Gasteiger partial charge in [0.15, 0.2) is 0 Å². The molecule has 0 aliphatic carbocycles. The molecule has 0 aliphatic rings. The lowest BCUT2D eigenvalue weighted by atomic mass is 10.2. The maximum atomic E-state index is 10.8. The molecule has 112 valence electrons. The summed E-state index contributed by atoms with van der Waals surface area (Å²) in [4.78, 5) is 10.8. The van der Waals surface area contributed by atoms with Crippen LogP contribution in [0.3, 0.4) is 0 Å². The Morgan fingerprint density at radius 2 is 1.52 bits per heavy atom. The molecule has 2 rings (SSSR count). The molecule has 0 aliphatic heterocycles. The van der Waals surface area contributed by atoms with Crippen molar-refractivity contribution < 1.29 is 14.6 Å². The van der Waals surface area contributed by atoms with Gasteiger partial charge in [-0.05, 0) is 48.5 Å². The van der Waals surface area contributed by atoms with E-state index in [9.17, 15) is 4.79 Å². The van der Waals surface area contributed by atoms with Gasteiger partial charge in [0.1, 0.15) is 23.6 Å². The van der Waals surface area contributed by atoms with Crippen molar-refractivity contribution in [3.8, 4) is 23.6 Å². The maximum absolute atomic E-state index is 10.8. The minimum atomic E-state index is -0.998. The zero-order chi connectivity index (χ0) is 16.7. The number of benzene rings is 2. The number of aromatic carboxylic acids is 1. The lowest BCUT2D eigenvalue weighted by Gasteiger charge is -2.07. The second-order valence-electron chi connectivity index (χ2n) is 4.25. The predicted octanol–water partition coefficient (Wildman–Crippen LogP) is 2.99. The van der Waals surface area contributed by atoms with Crippen LogP contribution in [0.4, 0.5) is 5.69 Å². The van der Waals surface area contributed by atoms with Gasteiger partial charge in [-0.15, -0.1) is 0 Å². The van der Waals surface area contributed by atoms with E-state index in [0.717, 1.165) is 0 Å². The van der Waals surface area contributed by atoms with E-state index in [0.29, 0.717) is 17.2 Å². The molecule has 0 saturated carbocycles. The van der Waals surface area contributed by atoms with Crippen molar-refractivity contribution in [1.29, 1.82) is 10.5 Å². The predicted molar refractivity (Wildman–Crippen MR) is 82.2 cm³/mol. The second-order valence-corrected chi connectivity index (χ2v) is 4.25. The van der Waals surface area contributed by atoms with Gasteiger partial charge in [0.05, 0.1) is 11.3 Å². The Hall–Kier alpha value is -3.84. The number of anilines is 1. The molecule has 2 N–H and O–H groups in total. The van der Waals surface area contributed by atoms with Crippen LogP contribution in [0, 0.1) is 22.7 Å². The third-order valence-corrected chi connectivity index (χ3v) is 2.70. The summed E-state index contributed by atoms with van der Waals surface area (Å²) in [6, 6.07) is 16.0. The number of carboxylic acids is 1. The molecule has 2 aromatic rings. The number of nitriles is 2. The second kappa shape index (κ2) is 7.25. The molecule has 7 heteroatoms. The average Bonchev–Trinajstić information content (AvgIpc) is 2.58. The van der Waals surface area contributed by atoms with Crippen LogP contribution in [0.1, 0.15) is 10.4 Å². The normalized spacial score (nSPS) is 9.13. The average molecular weight is 306 g/mol. The van der Waals surface area contributed by atoms with Gasteiger partial charge in [-0.2, -0.15) is 15.6 Å². The fourth-order valence-electron chi connectivity index (χ4n) is 1.59. The Morgan fingerprint density at radius 1 is 1.00 bits per heavy atom. The molecule has 0 radical (unpaired) electrons. The zero-order valence-corrected chi connectivity index (χ0v) is 11.7. The lowest BCUT2D eigenvalue weighted by molar-refractivity contribution is 0.0697. The SMILES string of the molecule is N#CC(C#N)=NNc1ccc(Oc2ccc(C(=O)O)cc2)cc1. The lowest BCUT2D eigenvalue weighted by Crippen LogP contribution is -1.96. The highest BCUT2D eigenvalue weighted by Gasteiger charge is 2.03. The first kappa shape index (κ1) is 15.5. The van der Waals surface area contributed by atoms with Gasteiger partial charge in [0, 0.05) is 0 Å². The van der Waals surface area contributed by atoms with Gasteiger partial charge in [-0.1, -0.05) is 0 Å². The molecular weight excluding hydrogens is 296 g/mol. The molecule has 23 heavy (non-hydrogen) atoms. The number of rotatable bonds is 5. The number of hydrogen-bond donors (Lipinski definition) is 2. The van der Waals surface area contributed by atoms with Crippen LogP contribution in [0.15, 0.2) is 53.6 Å². The molecule has 7 nitrogen and oxygen atoms in total. The monoisotopic (exact) mass is 306 g/mol. The summed E-state index contributed by atoms with van der Waals surface area (Å²) in [5, 5.41) is 29.6. The number of nitrogens with one attached hydrogen (secondary N) is 1. The summed E-state index contributed by atoms with van der Waals surface area (Å²) < 4.78 is 5.57. The van der Waals surface area contributed by atoms with Crippen molar-refractivity contribution in [3.63, 3.8) is 0 Å². The van der Waals surface area contributed by atoms with E-state index in [2.05, 4.69) is 10.5 Å². The van der Waals surface area contributed by atoms with Crippen molar-refractivity contribution >= 4 is 17.4 Å². The van der Waals surface area contributed by atoms with Crippen LogP contribution in [0.25, 0.3) is 0 Å². The number of hydrogen-bond acceptors (Lipinski definition) is 6. The minimum Gasteiger partial charge on any atom is -0.478 e. The van der Waals surface area contributed by atoms with Gasteiger partial charge in [-0.3, -0.25) is 5.43 Å². The standard InChI is InChI=1S/C16H10N4O3/c17-9-13(10-18)20-19-12-3-7-15(8-4-12)23-14-5-1-11(2-6-14)16(21)22/h1-8,19H,(H,21,22). The molecule has 0 aromatic heterocycles. The first-order valence-corrected chi connectivity index (χ1v) is 6.37. The van der Waals surface area contributed by atoms with Crippen molar-refractivity contribution in [1.82, 2.24) is 0 Å². The van der Waals surface area contributed by atoms with E-state index in [1.165, 1.54) is 12.1 Å². The van der Waals surface area contributed by atoms with Crippen LogP contribution in [0.5, 0.6) is 11.5 Å². The molecule has 0 saturated heterocycles. The van der Waals surface area contributed by atoms with E-state index < -0.39 is 5.97 Å². The molecule has 0 unspecified atom stereocenters. The number of nitrogens with zero attached hydrogens (tertiary/aromatic N) is 3. The number of carbonyl (C=O) groups is 1. The Balaban J connectivity index is 2.03. The van der Waals surface area contributed by atoms with Crippen molar-refractivity contribution in [2.24, 2.45) is 5.10 Å². The molecule has 0 heterocycles. The third-order valence-electron chi connectivity index (χ3n) is 2.70. The van der Waals surface area contributed by atoms with E-state index in [4.69, 9.17) is 20.4 Å². The van der Waals surface area contributed by atoms with Crippen molar-refractivity contribution in [3.05, 3.63) is 54.1 Å². The largest absolute Gasteiger partial charge is 0.478 e. The Morgan fingerprint density at radius 3 is 2.00 bits per heavy atom. The summed E-state index contributed by atoms with van der Waals surface area (Å²) in [5.74, 6) is 0.0509. The Kier molecular flexibility index (Phi) is 4.90. The highest BCUT2D eigenvalue weighted by atomic mass is 16.5. The molecule has 0 atom stereocenters. The minimum absolute atomic E-state index is 0.181. The van der Waals surface area contributed by atoms with Crippen LogP contribution in [-0.2, 0) is 0 Å². The number of ether oxygens (including phenoxy) is 1. The fraction of sp³-hybridized carbons (Fsp3) is 0. The van der Waals surface area contributed by atoms with Crippen LogP contribution in [0.2, 0.25) is 0 Å². The molecule has 2 aromatic carbocycles. The Labute approximate surface area is 131 Å². The quantitative estimate of drug-likeness (QED) is 0.647. The summed E-state index contributed by atoms with van der Waals surface area (Å²) in [7, 11) is 0. The molecule has 0 bridgehead atoms. The van der Waals surface area contributed by atoms with E-state index in [-0.39, 0.29) is 11.3 Å². The van der Waals surface area contributed by atoms with E-state index >= 15 is 0 Å². The summed E-state index contributed by atoms with van der Waals surface area (Å²) >= 11 is 0. The maximum Gasteiger partial charge on any atom is 0.335 e. The zero-order valence-electron chi connectivity index (χ0n) is 11.7. The smallest absolute Gasteiger partial charge is 0.335 e. The summed E-state index contributed by atoms with van der Waals surface area (Å²) in [6.07, 6.45) is 0. The summed E-state index contributed by atoms with van der Waals surface area (Å²) in [5.41, 5.74) is 3.07. The topological polar surface area (TPSA) is 119 Å². The highest BCUT2D eigenvalue weighted by Crippen LogP contribution is 2.23. The van der Waals surface area contributed by atoms with Crippen molar-refractivity contribution in [2.45, 2.75) is 0 Å². The van der Waals surface area contributed by atoms with Gasteiger partial charge >= 0.3 is 5.97 Å². The Bertz CT molecular complexity index is 796. The number of carboxylic acid groups (broad SMARTS) is 1.